The van der Waals surface area contributed by atoms with E-state index in [0.29, 0.717) is 24.0 Å². The number of hydrogen-bond donors (Lipinski definition) is 2. The first-order chi connectivity index (χ1) is 8.50. The number of nitrogens with zero attached hydrogens (tertiary/aromatic N) is 2. The summed E-state index contributed by atoms with van der Waals surface area (Å²) < 4.78 is 5.39. The summed E-state index contributed by atoms with van der Waals surface area (Å²) in [5, 5.41) is 3.12. The Morgan fingerprint density at radius 1 is 1.28 bits per heavy atom. The number of guanidine groups is 1. The lowest BCUT2D eigenvalue weighted by atomic mass is 10.0. The molecule has 1 fully saturated rings. The minimum absolute atomic E-state index is 0.328. The molecule has 0 saturated carbocycles. The monoisotopic (exact) mass is 256 g/mol. The minimum Gasteiger partial charge on any atom is -0.379 e. The van der Waals surface area contributed by atoms with Crippen LogP contribution in [0, 0.1) is 5.92 Å². The van der Waals surface area contributed by atoms with Crippen molar-refractivity contribution in [3.8, 4) is 0 Å². The maximum absolute atomic E-state index is 5.85. The number of nitrogens with one attached hydrogen (secondary N) is 1. The molecule has 1 saturated heterocycles. The second-order valence-electron chi connectivity index (χ2n) is 5.48. The lowest BCUT2D eigenvalue weighted by molar-refractivity contribution is 0.00868. The number of morpholine rings is 1. The molecular weight excluding hydrogens is 228 g/mol. The second-order valence-corrected chi connectivity index (χ2v) is 5.48. The first-order valence-electron chi connectivity index (χ1n) is 6.89. The van der Waals surface area contributed by atoms with Gasteiger partial charge >= 0.3 is 0 Å². The molecule has 0 spiro atoms. The second kappa shape index (κ2) is 7.59. The number of ether oxygens (including phenoxy) is 1. The highest BCUT2D eigenvalue weighted by atomic mass is 16.5. The van der Waals surface area contributed by atoms with Crippen LogP contribution < -0.4 is 11.1 Å². The van der Waals surface area contributed by atoms with E-state index in [9.17, 15) is 0 Å². The highest BCUT2D eigenvalue weighted by Crippen LogP contribution is 2.13. The molecule has 0 bridgehead atoms. The SMILES string of the molecule is CC(C)NC(N)=NCC(C(C)C)N1CCOCC1. The van der Waals surface area contributed by atoms with E-state index in [0.717, 1.165) is 32.8 Å². The molecule has 5 heteroatoms. The molecule has 1 aliphatic heterocycles. The Balaban J connectivity index is 2.51. The van der Waals surface area contributed by atoms with Gasteiger partial charge in [0.1, 0.15) is 0 Å². The van der Waals surface area contributed by atoms with Gasteiger partial charge in [0.25, 0.3) is 0 Å². The van der Waals surface area contributed by atoms with E-state index in [2.05, 4.69) is 42.9 Å². The standard InChI is InChI=1S/C13H28N4O/c1-10(2)12(17-5-7-18-8-6-17)9-15-13(14)16-11(3)4/h10-12H,5-9H2,1-4H3,(H3,14,15,16). The summed E-state index contributed by atoms with van der Waals surface area (Å²) in [4.78, 5) is 6.92. The quantitative estimate of drug-likeness (QED) is 0.560. The van der Waals surface area contributed by atoms with Crippen LogP contribution in [0.25, 0.3) is 0 Å². The van der Waals surface area contributed by atoms with E-state index in [1.165, 1.54) is 0 Å². The summed E-state index contributed by atoms with van der Waals surface area (Å²) >= 11 is 0. The summed E-state index contributed by atoms with van der Waals surface area (Å²) in [7, 11) is 0. The Bertz CT molecular complexity index is 260. The third-order valence-electron chi connectivity index (χ3n) is 3.17. The maximum atomic E-state index is 5.85. The van der Waals surface area contributed by atoms with Crippen LogP contribution in [0.3, 0.4) is 0 Å². The van der Waals surface area contributed by atoms with Gasteiger partial charge < -0.3 is 15.8 Å². The van der Waals surface area contributed by atoms with Gasteiger partial charge in [0.2, 0.25) is 0 Å². The molecule has 106 valence electrons. The zero-order valence-electron chi connectivity index (χ0n) is 12.1. The Labute approximate surface area is 111 Å². The molecule has 1 atom stereocenters. The van der Waals surface area contributed by atoms with Crippen LogP contribution in [-0.2, 0) is 4.74 Å². The van der Waals surface area contributed by atoms with Crippen molar-refractivity contribution in [3.05, 3.63) is 0 Å². The van der Waals surface area contributed by atoms with Crippen LogP contribution >= 0.6 is 0 Å². The fourth-order valence-corrected chi connectivity index (χ4v) is 2.19. The van der Waals surface area contributed by atoms with E-state index in [-0.39, 0.29) is 0 Å². The van der Waals surface area contributed by atoms with Crippen molar-refractivity contribution in [1.82, 2.24) is 10.2 Å². The zero-order chi connectivity index (χ0) is 13.5. The van der Waals surface area contributed by atoms with Crippen molar-refractivity contribution in [2.75, 3.05) is 32.8 Å². The third kappa shape index (κ3) is 5.23. The van der Waals surface area contributed by atoms with E-state index in [1.807, 2.05) is 0 Å². The molecule has 18 heavy (non-hydrogen) atoms. The number of nitrogens with two attached hydrogens (primary N) is 1. The number of hydrogen-bond acceptors (Lipinski definition) is 3. The predicted octanol–water partition coefficient (Wildman–Crippen LogP) is 0.656. The van der Waals surface area contributed by atoms with Crippen LogP contribution in [0.4, 0.5) is 0 Å². The van der Waals surface area contributed by atoms with Crippen molar-refractivity contribution < 1.29 is 4.74 Å². The first-order valence-corrected chi connectivity index (χ1v) is 6.89. The fourth-order valence-electron chi connectivity index (χ4n) is 2.19. The van der Waals surface area contributed by atoms with Crippen molar-refractivity contribution >= 4 is 5.96 Å². The molecular formula is C13H28N4O. The molecule has 1 aliphatic rings. The zero-order valence-corrected chi connectivity index (χ0v) is 12.1. The van der Waals surface area contributed by atoms with Crippen molar-refractivity contribution in [2.24, 2.45) is 16.6 Å². The summed E-state index contributed by atoms with van der Waals surface area (Å²) in [5.41, 5.74) is 5.85. The third-order valence-corrected chi connectivity index (χ3v) is 3.17. The van der Waals surface area contributed by atoms with Gasteiger partial charge in [-0.1, -0.05) is 13.8 Å². The Kier molecular flexibility index (Phi) is 6.43. The van der Waals surface area contributed by atoms with Gasteiger partial charge in [-0.15, -0.1) is 0 Å². The molecule has 3 N–H and O–H groups in total. The van der Waals surface area contributed by atoms with Gasteiger partial charge in [-0.2, -0.15) is 0 Å². The molecule has 1 heterocycles. The van der Waals surface area contributed by atoms with Gasteiger partial charge in [-0.25, -0.2) is 0 Å². The molecule has 1 rings (SSSR count). The number of aliphatic imine (C=N–C) groups is 1. The topological polar surface area (TPSA) is 62.9 Å². The Morgan fingerprint density at radius 2 is 1.89 bits per heavy atom. The Hall–Kier alpha value is -0.810. The van der Waals surface area contributed by atoms with E-state index < -0.39 is 0 Å². The molecule has 0 radical (unpaired) electrons. The molecule has 0 amide bonds. The van der Waals surface area contributed by atoms with Gasteiger partial charge in [0.15, 0.2) is 5.96 Å². The highest BCUT2D eigenvalue weighted by molar-refractivity contribution is 5.78. The average molecular weight is 256 g/mol. The molecule has 0 aliphatic carbocycles. The summed E-state index contributed by atoms with van der Waals surface area (Å²) in [6, 6.07) is 0.774. The predicted molar refractivity (Wildman–Crippen MR) is 75.8 cm³/mol. The summed E-state index contributed by atoms with van der Waals surface area (Å²) in [6.45, 7) is 13.0. The number of rotatable bonds is 5. The van der Waals surface area contributed by atoms with Gasteiger partial charge in [-0.3, -0.25) is 9.89 Å². The van der Waals surface area contributed by atoms with Crippen molar-refractivity contribution in [1.29, 1.82) is 0 Å². The van der Waals surface area contributed by atoms with E-state index >= 15 is 0 Å². The molecule has 5 nitrogen and oxygen atoms in total. The van der Waals surface area contributed by atoms with Crippen LogP contribution in [0.1, 0.15) is 27.7 Å². The molecule has 1 unspecified atom stereocenters. The highest BCUT2D eigenvalue weighted by Gasteiger charge is 2.23. The van der Waals surface area contributed by atoms with Gasteiger partial charge in [0, 0.05) is 25.2 Å². The van der Waals surface area contributed by atoms with E-state index in [4.69, 9.17) is 10.5 Å². The van der Waals surface area contributed by atoms with E-state index in [1.54, 1.807) is 0 Å². The van der Waals surface area contributed by atoms with Crippen molar-refractivity contribution in [2.45, 2.75) is 39.8 Å². The molecule has 0 aromatic heterocycles. The van der Waals surface area contributed by atoms with Crippen LogP contribution in [-0.4, -0.2) is 55.8 Å². The van der Waals surface area contributed by atoms with Crippen molar-refractivity contribution in [3.63, 3.8) is 0 Å². The lowest BCUT2D eigenvalue weighted by Crippen LogP contribution is -2.48. The summed E-state index contributed by atoms with van der Waals surface area (Å²) in [5.74, 6) is 1.11. The maximum Gasteiger partial charge on any atom is 0.188 e. The minimum atomic E-state index is 0.328. The van der Waals surface area contributed by atoms with Crippen LogP contribution in [0.15, 0.2) is 4.99 Å². The van der Waals surface area contributed by atoms with Crippen LogP contribution in [0.2, 0.25) is 0 Å². The normalized spacial score (nSPS) is 20.4. The first kappa shape index (κ1) is 15.2. The Morgan fingerprint density at radius 3 is 2.39 bits per heavy atom. The lowest BCUT2D eigenvalue weighted by Gasteiger charge is -2.36. The van der Waals surface area contributed by atoms with Crippen LogP contribution in [0.5, 0.6) is 0 Å². The van der Waals surface area contributed by atoms with Gasteiger partial charge in [0.05, 0.1) is 19.8 Å². The van der Waals surface area contributed by atoms with Gasteiger partial charge in [-0.05, 0) is 19.8 Å². The average Bonchev–Trinajstić information content (AvgIpc) is 2.29. The largest absolute Gasteiger partial charge is 0.379 e. The summed E-state index contributed by atoms with van der Waals surface area (Å²) in [6.07, 6.45) is 0. The molecule has 0 aromatic rings. The smallest absolute Gasteiger partial charge is 0.188 e. The molecule has 0 aromatic carbocycles. The fraction of sp³-hybridized carbons (Fsp3) is 0.923.